The van der Waals surface area contributed by atoms with Crippen molar-refractivity contribution < 1.29 is 4.79 Å². The molecule has 0 aliphatic heterocycles. The molecule has 4 fully saturated rings. The monoisotopic (exact) mass is 192 g/mol. The number of rotatable bonds is 1. The van der Waals surface area contributed by atoms with Crippen LogP contribution >= 0.6 is 0 Å². The van der Waals surface area contributed by atoms with Crippen molar-refractivity contribution in [2.24, 2.45) is 17.8 Å². The minimum Gasteiger partial charge on any atom is -0.351 e. The molecule has 0 saturated heterocycles. The Kier molecular flexibility index (Phi) is 1.71. The molecule has 77 valence electrons. The van der Waals surface area contributed by atoms with Gasteiger partial charge in [-0.1, -0.05) is 0 Å². The fraction of sp³-hybridized carbons (Fsp3) is 0.833. The lowest BCUT2D eigenvalue weighted by Gasteiger charge is -2.56. The number of nitrogens with one attached hydrogen (secondary N) is 1. The third-order valence-corrected chi connectivity index (χ3v) is 4.24. The van der Waals surface area contributed by atoms with Gasteiger partial charge in [-0.25, -0.2) is 0 Å². The Morgan fingerprint density at radius 1 is 1.29 bits per heavy atom. The summed E-state index contributed by atoms with van der Waals surface area (Å²) < 4.78 is 0. The first-order valence-electron chi connectivity index (χ1n) is 5.79. The molecule has 1 N–H and O–H groups in total. The summed E-state index contributed by atoms with van der Waals surface area (Å²) in [6.07, 6.45) is 8.98. The fourth-order valence-electron chi connectivity index (χ4n) is 4.30. The molecule has 14 heavy (non-hydrogen) atoms. The summed E-state index contributed by atoms with van der Waals surface area (Å²) in [6, 6.07) is 0. The van der Waals surface area contributed by atoms with Crippen LogP contribution in [0.25, 0.3) is 0 Å². The molecule has 0 heterocycles. The maximum Gasteiger partial charge on any atom is 0.217 e. The van der Waals surface area contributed by atoms with Gasteiger partial charge in [-0.15, -0.1) is 0 Å². The van der Waals surface area contributed by atoms with E-state index in [-0.39, 0.29) is 11.4 Å². The summed E-state index contributed by atoms with van der Waals surface area (Å²) in [5.41, 5.74) is 0.192. The average Bonchev–Trinajstić information content (AvgIpc) is 1.96. The van der Waals surface area contributed by atoms with E-state index >= 15 is 0 Å². The minimum absolute atomic E-state index is 0.159. The lowest BCUT2D eigenvalue weighted by Crippen LogP contribution is -2.59. The minimum atomic E-state index is 0.159. The van der Waals surface area contributed by atoms with E-state index in [1.807, 2.05) is 0 Å². The largest absolute Gasteiger partial charge is 0.351 e. The zero-order valence-corrected chi connectivity index (χ0v) is 8.75. The second kappa shape index (κ2) is 2.74. The van der Waals surface area contributed by atoms with E-state index in [9.17, 15) is 4.79 Å². The molecule has 4 bridgehead atoms. The highest BCUT2D eigenvalue weighted by molar-refractivity contribution is 5.74. The molecule has 0 aromatic rings. The van der Waals surface area contributed by atoms with Crippen LogP contribution in [0.2, 0.25) is 0 Å². The van der Waals surface area contributed by atoms with Gasteiger partial charge in [0.15, 0.2) is 0 Å². The van der Waals surface area contributed by atoms with Crippen molar-refractivity contribution in [3.63, 3.8) is 0 Å². The summed E-state index contributed by atoms with van der Waals surface area (Å²) in [6.45, 7) is 1.66. The van der Waals surface area contributed by atoms with Gasteiger partial charge in [-0.2, -0.15) is 0 Å². The molecule has 4 aliphatic carbocycles. The van der Waals surface area contributed by atoms with E-state index in [4.69, 9.17) is 0 Å². The lowest BCUT2D eigenvalue weighted by atomic mass is 9.53. The van der Waals surface area contributed by atoms with Crippen LogP contribution in [0.4, 0.5) is 0 Å². The molecule has 4 aliphatic rings. The molecule has 0 aromatic carbocycles. The highest BCUT2D eigenvalue weighted by atomic mass is 16.1. The van der Waals surface area contributed by atoms with Crippen LogP contribution in [0, 0.1) is 24.2 Å². The van der Waals surface area contributed by atoms with Gasteiger partial charge in [0, 0.05) is 12.5 Å². The Morgan fingerprint density at radius 2 is 1.93 bits per heavy atom. The summed E-state index contributed by atoms with van der Waals surface area (Å²) in [5.74, 6) is 2.65. The first-order chi connectivity index (χ1) is 6.65. The zero-order valence-electron chi connectivity index (χ0n) is 8.75. The van der Waals surface area contributed by atoms with Crippen LogP contribution in [-0.4, -0.2) is 11.4 Å². The Labute approximate surface area is 85.4 Å². The van der Waals surface area contributed by atoms with Gasteiger partial charge in [0.1, 0.15) is 0 Å². The van der Waals surface area contributed by atoms with E-state index in [1.165, 1.54) is 32.1 Å². The van der Waals surface area contributed by atoms with E-state index in [0.29, 0.717) is 0 Å². The molecule has 2 nitrogen and oxygen atoms in total. The van der Waals surface area contributed by atoms with Gasteiger partial charge < -0.3 is 5.32 Å². The average molecular weight is 192 g/mol. The van der Waals surface area contributed by atoms with Crippen molar-refractivity contribution in [3.05, 3.63) is 6.42 Å². The smallest absolute Gasteiger partial charge is 0.217 e. The highest BCUT2D eigenvalue weighted by Gasteiger charge is 2.51. The van der Waals surface area contributed by atoms with Crippen LogP contribution in [0.3, 0.4) is 0 Å². The topological polar surface area (TPSA) is 29.1 Å². The molecule has 2 atom stereocenters. The van der Waals surface area contributed by atoms with Gasteiger partial charge in [0.05, 0.1) is 0 Å². The second-order valence-corrected chi connectivity index (χ2v) is 5.62. The van der Waals surface area contributed by atoms with Crippen molar-refractivity contribution in [2.75, 3.05) is 0 Å². The summed E-state index contributed by atoms with van der Waals surface area (Å²) in [4.78, 5) is 11.2. The Morgan fingerprint density at radius 3 is 2.43 bits per heavy atom. The highest BCUT2D eigenvalue weighted by Crippen LogP contribution is 2.55. The number of carbonyl (C=O) groups excluding carboxylic acids is 1. The van der Waals surface area contributed by atoms with E-state index in [1.54, 1.807) is 6.92 Å². The molecule has 1 radical (unpaired) electrons. The molecule has 2 unspecified atom stereocenters. The van der Waals surface area contributed by atoms with Gasteiger partial charge in [-0.3, -0.25) is 4.79 Å². The maximum atomic E-state index is 11.2. The van der Waals surface area contributed by atoms with Crippen molar-refractivity contribution in [1.29, 1.82) is 0 Å². The maximum absolute atomic E-state index is 11.2. The van der Waals surface area contributed by atoms with E-state index < -0.39 is 0 Å². The molecule has 4 rings (SSSR count). The Bertz CT molecular complexity index is 236. The first kappa shape index (κ1) is 8.75. The van der Waals surface area contributed by atoms with Crippen molar-refractivity contribution in [2.45, 2.75) is 44.6 Å². The van der Waals surface area contributed by atoms with Crippen LogP contribution in [0.5, 0.6) is 0 Å². The van der Waals surface area contributed by atoms with Crippen molar-refractivity contribution in [3.8, 4) is 0 Å². The van der Waals surface area contributed by atoms with Crippen molar-refractivity contribution in [1.82, 2.24) is 5.32 Å². The molecule has 2 heteroatoms. The van der Waals surface area contributed by atoms with Crippen LogP contribution < -0.4 is 5.32 Å². The third-order valence-electron chi connectivity index (χ3n) is 4.24. The molecule has 0 aromatic heterocycles. The molecule has 1 amide bonds. The fourth-order valence-corrected chi connectivity index (χ4v) is 4.30. The van der Waals surface area contributed by atoms with Crippen LogP contribution in [0.1, 0.15) is 39.0 Å². The quantitative estimate of drug-likeness (QED) is 0.675. The summed E-state index contributed by atoms with van der Waals surface area (Å²) in [5, 5.41) is 3.23. The number of hydrogen-bond donors (Lipinski definition) is 1. The van der Waals surface area contributed by atoms with Gasteiger partial charge in [0.2, 0.25) is 5.91 Å². The number of carbonyl (C=O) groups is 1. The normalized spacial score (nSPS) is 49.4. The second-order valence-electron chi connectivity index (χ2n) is 5.62. The Hall–Kier alpha value is -0.530. The van der Waals surface area contributed by atoms with Crippen molar-refractivity contribution >= 4 is 5.91 Å². The standard InChI is InChI=1S/C12H18NO/c1-8(14)13-12-5-9-2-10(6-12)4-11(3-9)7-12/h2,9-11H,3-7H2,1H3,(H,13,14). The predicted molar refractivity (Wildman–Crippen MR) is 54.4 cm³/mol. The third kappa shape index (κ3) is 1.27. The molecule has 4 saturated carbocycles. The predicted octanol–water partition coefficient (Wildman–Crippen LogP) is 1.91. The first-order valence-corrected chi connectivity index (χ1v) is 5.79. The van der Waals surface area contributed by atoms with Crippen LogP contribution in [-0.2, 0) is 4.79 Å². The SMILES string of the molecule is CC(=O)NC12CC3[CH]C(CC(C3)C1)C2. The Balaban J connectivity index is 1.83. The summed E-state index contributed by atoms with van der Waals surface area (Å²) in [7, 11) is 0. The summed E-state index contributed by atoms with van der Waals surface area (Å²) >= 11 is 0. The molecular weight excluding hydrogens is 174 g/mol. The number of amides is 1. The van der Waals surface area contributed by atoms with Crippen LogP contribution in [0.15, 0.2) is 0 Å². The van der Waals surface area contributed by atoms with Gasteiger partial charge in [-0.05, 0) is 56.3 Å². The lowest BCUT2D eigenvalue weighted by molar-refractivity contribution is -0.123. The molecule has 0 spiro atoms. The van der Waals surface area contributed by atoms with Gasteiger partial charge >= 0.3 is 0 Å². The number of hydrogen-bond acceptors (Lipinski definition) is 1. The van der Waals surface area contributed by atoms with Gasteiger partial charge in [0.25, 0.3) is 0 Å². The zero-order chi connectivity index (χ0) is 9.76. The van der Waals surface area contributed by atoms with E-state index in [0.717, 1.165) is 17.8 Å². The molecular formula is C12H18NO. The van der Waals surface area contributed by atoms with E-state index in [2.05, 4.69) is 11.7 Å².